The van der Waals surface area contributed by atoms with E-state index in [0.717, 1.165) is 25.0 Å². The van der Waals surface area contributed by atoms with Crippen LogP contribution in [0.2, 0.25) is 0 Å². The van der Waals surface area contributed by atoms with Gasteiger partial charge in [-0.3, -0.25) is 0 Å². The summed E-state index contributed by atoms with van der Waals surface area (Å²) in [6, 6.07) is -0.152. The molecule has 0 N–H and O–H groups in total. The van der Waals surface area contributed by atoms with Crippen LogP contribution in [0.3, 0.4) is 0 Å². The maximum atomic E-state index is 11.6. The van der Waals surface area contributed by atoms with E-state index in [4.69, 9.17) is 4.74 Å². The number of hydrogen-bond donors (Lipinski definition) is 0. The van der Waals surface area contributed by atoms with Gasteiger partial charge in [-0.1, -0.05) is 0 Å². The van der Waals surface area contributed by atoms with Crippen molar-refractivity contribution < 1.29 is 9.53 Å². The standard InChI is InChI=1S/C10H14N2O2/c1-2-14-10(13)9-5-3-4-8-6-11-7-12(8)9/h6-7,9H,2-5H2,1H3/t9-/m1/s1. The normalized spacial score (nSPS) is 20.2. The number of nitrogens with zero attached hydrogens (tertiary/aromatic N) is 2. The number of ether oxygens (including phenoxy) is 1. The van der Waals surface area contributed by atoms with Crippen molar-refractivity contribution in [2.24, 2.45) is 0 Å². The van der Waals surface area contributed by atoms with Gasteiger partial charge in [0, 0.05) is 11.9 Å². The molecule has 0 unspecified atom stereocenters. The van der Waals surface area contributed by atoms with Gasteiger partial charge in [-0.25, -0.2) is 9.78 Å². The van der Waals surface area contributed by atoms with Gasteiger partial charge in [-0.05, 0) is 26.2 Å². The summed E-state index contributed by atoms with van der Waals surface area (Å²) in [4.78, 5) is 15.6. The van der Waals surface area contributed by atoms with E-state index in [-0.39, 0.29) is 12.0 Å². The largest absolute Gasteiger partial charge is 0.464 e. The molecule has 1 aliphatic heterocycles. The zero-order valence-corrected chi connectivity index (χ0v) is 8.27. The van der Waals surface area contributed by atoms with Gasteiger partial charge < -0.3 is 9.30 Å². The van der Waals surface area contributed by atoms with E-state index >= 15 is 0 Å². The van der Waals surface area contributed by atoms with Crippen LogP contribution in [-0.4, -0.2) is 22.1 Å². The van der Waals surface area contributed by atoms with Crippen LogP contribution in [0, 0.1) is 0 Å². The maximum Gasteiger partial charge on any atom is 0.329 e. The number of fused-ring (bicyclic) bond motifs is 1. The molecule has 2 heterocycles. The summed E-state index contributed by atoms with van der Waals surface area (Å²) < 4.78 is 6.95. The van der Waals surface area contributed by atoms with E-state index in [0.29, 0.717) is 6.61 Å². The number of rotatable bonds is 2. The molecule has 0 fully saturated rings. The first-order chi connectivity index (χ1) is 6.83. The second kappa shape index (κ2) is 3.82. The fraction of sp³-hybridized carbons (Fsp3) is 0.600. The third-order valence-corrected chi connectivity index (χ3v) is 2.55. The summed E-state index contributed by atoms with van der Waals surface area (Å²) in [5.74, 6) is -0.133. The number of aryl methyl sites for hydroxylation is 1. The Morgan fingerprint density at radius 2 is 2.64 bits per heavy atom. The van der Waals surface area contributed by atoms with E-state index in [2.05, 4.69) is 4.98 Å². The lowest BCUT2D eigenvalue weighted by Crippen LogP contribution is -2.26. The predicted molar refractivity (Wildman–Crippen MR) is 50.8 cm³/mol. The van der Waals surface area contributed by atoms with Crippen LogP contribution in [0.5, 0.6) is 0 Å². The Morgan fingerprint density at radius 1 is 1.79 bits per heavy atom. The van der Waals surface area contributed by atoms with Gasteiger partial charge in [0.2, 0.25) is 0 Å². The lowest BCUT2D eigenvalue weighted by molar-refractivity contribution is -0.147. The van der Waals surface area contributed by atoms with Crippen molar-refractivity contribution in [2.75, 3.05) is 6.61 Å². The molecule has 4 heteroatoms. The summed E-state index contributed by atoms with van der Waals surface area (Å²) in [6.07, 6.45) is 6.45. The molecular weight excluding hydrogens is 180 g/mol. The number of hydrogen-bond acceptors (Lipinski definition) is 3. The highest BCUT2D eigenvalue weighted by atomic mass is 16.5. The lowest BCUT2D eigenvalue weighted by Gasteiger charge is -2.23. The minimum absolute atomic E-state index is 0.133. The quantitative estimate of drug-likeness (QED) is 0.667. The van der Waals surface area contributed by atoms with Gasteiger partial charge in [-0.15, -0.1) is 0 Å². The fourth-order valence-electron chi connectivity index (χ4n) is 1.89. The van der Waals surface area contributed by atoms with Crippen molar-refractivity contribution in [1.29, 1.82) is 0 Å². The maximum absolute atomic E-state index is 11.6. The molecule has 14 heavy (non-hydrogen) atoms. The number of imidazole rings is 1. The molecule has 0 bridgehead atoms. The Hall–Kier alpha value is -1.32. The third kappa shape index (κ3) is 1.52. The third-order valence-electron chi connectivity index (χ3n) is 2.55. The molecule has 0 spiro atoms. The minimum Gasteiger partial charge on any atom is -0.464 e. The Morgan fingerprint density at radius 3 is 3.43 bits per heavy atom. The highest BCUT2D eigenvalue weighted by Gasteiger charge is 2.26. The highest BCUT2D eigenvalue weighted by Crippen LogP contribution is 2.25. The molecule has 1 aromatic heterocycles. The first kappa shape index (κ1) is 9.24. The molecular formula is C10H14N2O2. The first-order valence-electron chi connectivity index (χ1n) is 5.00. The second-order valence-electron chi connectivity index (χ2n) is 3.45. The molecule has 1 aromatic rings. The van der Waals surface area contributed by atoms with Crippen molar-refractivity contribution in [3.05, 3.63) is 18.2 Å². The Kier molecular flexibility index (Phi) is 2.52. The topological polar surface area (TPSA) is 44.1 Å². The van der Waals surface area contributed by atoms with E-state index in [1.165, 1.54) is 0 Å². The van der Waals surface area contributed by atoms with Gasteiger partial charge in [0.05, 0.1) is 12.9 Å². The van der Waals surface area contributed by atoms with Crippen LogP contribution < -0.4 is 0 Å². The first-order valence-corrected chi connectivity index (χ1v) is 5.00. The average Bonchev–Trinajstić information content (AvgIpc) is 2.65. The smallest absolute Gasteiger partial charge is 0.329 e. The summed E-state index contributed by atoms with van der Waals surface area (Å²) in [5, 5.41) is 0. The van der Waals surface area contributed by atoms with Crippen LogP contribution in [0.4, 0.5) is 0 Å². The molecule has 4 nitrogen and oxygen atoms in total. The number of carbonyl (C=O) groups is 1. The summed E-state index contributed by atoms with van der Waals surface area (Å²) in [5.41, 5.74) is 1.13. The minimum atomic E-state index is -0.152. The zero-order chi connectivity index (χ0) is 9.97. The average molecular weight is 194 g/mol. The zero-order valence-electron chi connectivity index (χ0n) is 8.27. The number of carbonyl (C=O) groups excluding carboxylic acids is 1. The van der Waals surface area contributed by atoms with E-state index in [1.54, 1.807) is 6.33 Å². The number of aromatic nitrogens is 2. The van der Waals surface area contributed by atoms with E-state index in [9.17, 15) is 4.79 Å². The van der Waals surface area contributed by atoms with E-state index < -0.39 is 0 Å². The SMILES string of the molecule is CCOC(=O)[C@H]1CCCc2cncn21. The number of esters is 1. The van der Waals surface area contributed by atoms with Crippen LogP contribution in [0.1, 0.15) is 31.5 Å². The summed E-state index contributed by atoms with van der Waals surface area (Å²) >= 11 is 0. The van der Waals surface area contributed by atoms with Crippen LogP contribution in [0.15, 0.2) is 12.5 Å². The molecule has 0 saturated heterocycles. The Balaban J connectivity index is 2.19. The summed E-state index contributed by atoms with van der Waals surface area (Å²) in [7, 11) is 0. The van der Waals surface area contributed by atoms with Crippen molar-refractivity contribution in [3.8, 4) is 0 Å². The molecule has 0 radical (unpaired) electrons. The fourth-order valence-corrected chi connectivity index (χ4v) is 1.89. The molecule has 2 rings (SSSR count). The Labute approximate surface area is 82.9 Å². The molecule has 76 valence electrons. The monoisotopic (exact) mass is 194 g/mol. The second-order valence-corrected chi connectivity index (χ2v) is 3.45. The van der Waals surface area contributed by atoms with Crippen LogP contribution in [-0.2, 0) is 16.0 Å². The van der Waals surface area contributed by atoms with Crippen molar-refractivity contribution in [1.82, 2.24) is 9.55 Å². The van der Waals surface area contributed by atoms with Gasteiger partial charge in [0.1, 0.15) is 6.04 Å². The molecule has 0 saturated carbocycles. The van der Waals surface area contributed by atoms with Crippen molar-refractivity contribution in [2.45, 2.75) is 32.2 Å². The molecule has 0 amide bonds. The van der Waals surface area contributed by atoms with Crippen LogP contribution >= 0.6 is 0 Å². The van der Waals surface area contributed by atoms with Crippen molar-refractivity contribution >= 4 is 5.97 Å². The molecule has 1 atom stereocenters. The summed E-state index contributed by atoms with van der Waals surface area (Å²) in [6.45, 7) is 2.27. The Bertz CT molecular complexity index is 333. The van der Waals surface area contributed by atoms with Crippen LogP contribution in [0.25, 0.3) is 0 Å². The molecule has 1 aliphatic rings. The van der Waals surface area contributed by atoms with Gasteiger partial charge >= 0.3 is 5.97 Å². The molecule has 0 aromatic carbocycles. The van der Waals surface area contributed by atoms with Crippen molar-refractivity contribution in [3.63, 3.8) is 0 Å². The predicted octanol–water partition coefficient (Wildman–Crippen LogP) is 1.32. The van der Waals surface area contributed by atoms with Gasteiger partial charge in [0.25, 0.3) is 0 Å². The van der Waals surface area contributed by atoms with Gasteiger partial charge in [0.15, 0.2) is 0 Å². The van der Waals surface area contributed by atoms with Gasteiger partial charge in [-0.2, -0.15) is 0 Å². The highest BCUT2D eigenvalue weighted by molar-refractivity contribution is 5.74. The lowest BCUT2D eigenvalue weighted by atomic mass is 10.0. The van der Waals surface area contributed by atoms with E-state index in [1.807, 2.05) is 17.7 Å². The molecule has 0 aliphatic carbocycles.